The molecule has 17 heavy (non-hydrogen) atoms. The van der Waals surface area contributed by atoms with Crippen LogP contribution in [0.15, 0.2) is 0 Å². The number of rotatable bonds is 4. The van der Waals surface area contributed by atoms with Crippen LogP contribution in [-0.4, -0.2) is 31.2 Å². The van der Waals surface area contributed by atoms with Crippen molar-refractivity contribution in [2.75, 3.05) is 7.11 Å². The molecule has 0 aromatic heterocycles. The van der Waals surface area contributed by atoms with Gasteiger partial charge in [-0.15, -0.1) is 12.4 Å². The molecule has 2 unspecified atom stereocenters. The van der Waals surface area contributed by atoms with Gasteiger partial charge in [-0.25, -0.2) is 0 Å². The zero-order chi connectivity index (χ0) is 12.5. The molecule has 0 saturated heterocycles. The Morgan fingerprint density at radius 2 is 2.00 bits per heavy atom. The number of halogens is 1. The molecule has 4 nitrogen and oxygen atoms in total. The van der Waals surface area contributed by atoms with E-state index < -0.39 is 6.04 Å². The van der Waals surface area contributed by atoms with Crippen LogP contribution < -0.4 is 11.1 Å². The predicted octanol–water partition coefficient (Wildman–Crippen LogP) is 1.32. The molecule has 102 valence electrons. The molecule has 0 spiro atoms. The lowest BCUT2D eigenvalue weighted by molar-refractivity contribution is -0.134. The van der Waals surface area contributed by atoms with Gasteiger partial charge in [0.05, 0.1) is 12.1 Å². The molecule has 1 aliphatic carbocycles. The van der Waals surface area contributed by atoms with E-state index in [0.717, 1.165) is 6.42 Å². The lowest BCUT2D eigenvalue weighted by Crippen LogP contribution is -2.63. The molecule has 1 saturated carbocycles. The highest BCUT2D eigenvalue weighted by molar-refractivity contribution is 5.85. The fourth-order valence-electron chi connectivity index (χ4n) is 2.10. The minimum atomic E-state index is -0.419. The average Bonchev–Trinajstić information content (AvgIpc) is 2.21. The minimum absolute atomic E-state index is 0. The van der Waals surface area contributed by atoms with Crippen LogP contribution in [0.1, 0.15) is 34.1 Å². The van der Waals surface area contributed by atoms with Crippen molar-refractivity contribution in [1.29, 1.82) is 0 Å². The maximum absolute atomic E-state index is 11.8. The first-order valence-corrected chi connectivity index (χ1v) is 5.89. The van der Waals surface area contributed by atoms with Gasteiger partial charge in [0.2, 0.25) is 5.91 Å². The first kappa shape index (κ1) is 16.7. The zero-order valence-electron chi connectivity index (χ0n) is 11.3. The molecule has 1 amide bonds. The average molecular weight is 265 g/mol. The van der Waals surface area contributed by atoms with E-state index >= 15 is 0 Å². The molecule has 0 heterocycles. The highest BCUT2D eigenvalue weighted by atomic mass is 35.5. The van der Waals surface area contributed by atoms with Crippen LogP contribution in [0.3, 0.4) is 0 Å². The number of hydrogen-bond acceptors (Lipinski definition) is 3. The fourth-order valence-corrected chi connectivity index (χ4v) is 2.10. The van der Waals surface area contributed by atoms with Gasteiger partial charge in [0, 0.05) is 18.6 Å². The Bertz CT molecular complexity index is 269. The van der Waals surface area contributed by atoms with Gasteiger partial charge < -0.3 is 15.8 Å². The third-order valence-electron chi connectivity index (χ3n) is 3.80. The Labute approximate surface area is 110 Å². The van der Waals surface area contributed by atoms with E-state index in [1.54, 1.807) is 7.11 Å². The second kappa shape index (κ2) is 6.03. The molecule has 0 aromatic carbocycles. The summed E-state index contributed by atoms with van der Waals surface area (Å²) in [5.41, 5.74) is 5.80. The molecule has 5 heteroatoms. The fraction of sp³-hybridized carbons (Fsp3) is 0.917. The maximum Gasteiger partial charge on any atom is 0.237 e. The molecular formula is C12H25ClN2O2. The minimum Gasteiger partial charge on any atom is -0.381 e. The first-order chi connectivity index (χ1) is 7.30. The summed E-state index contributed by atoms with van der Waals surface area (Å²) in [5.74, 6) is 0.115. The molecule has 1 rings (SSSR count). The molecule has 0 aliphatic heterocycles. The number of hydrogen-bond donors (Lipinski definition) is 2. The highest BCUT2D eigenvalue weighted by Gasteiger charge is 2.49. The Balaban J connectivity index is 0.00000256. The highest BCUT2D eigenvalue weighted by Crippen LogP contribution is 2.42. The van der Waals surface area contributed by atoms with Gasteiger partial charge in [-0.1, -0.05) is 27.7 Å². The van der Waals surface area contributed by atoms with Gasteiger partial charge in [-0.2, -0.15) is 0 Å². The number of carbonyl (C=O) groups excluding carboxylic acids is 1. The monoisotopic (exact) mass is 264 g/mol. The second-order valence-electron chi connectivity index (χ2n) is 5.61. The molecule has 0 radical (unpaired) electrons. The largest absolute Gasteiger partial charge is 0.381 e. The van der Waals surface area contributed by atoms with Crippen molar-refractivity contribution in [1.82, 2.24) is 5.32 Å². The van der Waals surface area contributed by atoms with E-state index in [9.17, 15) is 4.79 Å². The Kier molecular flexibility index (Phi) is 5.91. The maximum atomic E-state index is 11.8. The van der Waals surface area contributed by atoms with E-state index in [-0.39, 0.29) is 41.8 Å². The lowest BCUT2D eigenvalue weighted by atomic mass is 9.64. The molecule has 1 aliphatic rings. The molecular weight excluding hydrogens is 240 g/mol. The van der Waals surface area contributed by atoms with Crippen molar-refractivity contribution < 1.29 is 9.53 Å². The summed E-state index contributed by atoms with van der Waals surface area (Å²) in [6, 6.07) is -0.243. The molecule has 3 atom stereocenters. The van der Waals surface area contributed by atoms with E-state index in [4.69, 9.17) is 10.5 Å². The third-order valence-corrected chi connectivity index (χ3v) is 3.80. The van der Waals surface area contributed by atoms with Gasteiger partial charge in [-0.05, 0) is 12.3 Å². The van der Waals surface area contributed by atoms with Crippen LogP contribution in [0.4, 0.5) is 0 Å². The zero-order valence-corrected chi connectivity index (χ0v) is 12.1. The van der Waals surface area contributed by atoms with Crippen LogP contribution >= 0.6 is 12.4 Å². The van der Waals surface area contributed by atoms with Gasteiger partial charge >= 0.3 is 0 Å². The van der Waals surface area contributed by atoms with E-state index in [2.05, 4.69) is 19.2 Å². The van der Waals surface area contributed by atoms with Gasteiger partial charge in [-0.3, -0.25) is 4.79 Å². The summed E-state index contributed by atoms with van der Waals surface area (Å²) in [6.45, 7) is 8.12. The van der Waals surface area contributed by atoms with Crippen LogP contribution in [0.5, 0.6) is 0 Å². The topological polar surface area (TPSA) is 64.3 Å². The molecule has 0 aromatic rings. The number of carbonyl (C=O) groups is 1. The molecule has 3 N–H and O–H groups in total. The van der Waals surface area contributed by atoms with E-state index in [1.807, 2.05) is 13.8 Å². The normalized spacial score (nSPS) is 27.9. The van der Waals surface area contributed by atoms with Crippen molar-refractivity contribution in [2.45, 2.75) is 52.3 Å². The number of amides is 1. The number of nitrogens with one attached hydrogen (secondary N) is 1. The molecule has 0 bridgehead atoms. The Morgan fingerprint density at radius 3 is 2.35 bits per heavy atom. The summed E-state index contributed by atoms with van der Waals surface area (Å²) < 4.78 is 5.34. The van der Waals surface area contributed by atoms with Crippen molar-refractivity contribution in [3.63, 3.8) is 0 Å². The summed E-state index contributed by atoms with van der Waals surface area (Å²) in [6.07, 6.45) is 1.10. The first-order valence-electron chi connectivity index (χ1n) is 5.89. The number of nitrogens with two attached hydrogens (primary N) is 1. The Hall–Kier alpha value is -0.320. The number of methoxy groups -OCH3 is 1. The van der Waals surface area contributed by atoms with Gasteiger partial charge in [0.1, 0.15) is 0 Å². The van der Waals surface area contributed by atoms with E-state index in [0.29, 0.717) is 0 Å². The van der Waals surface area contributed by atoms with Crippen LogP contribution in [0, 0.1) is 11.3 Å². The molecule has 1 fully saturated rings. The summed E-state index contributed by atoms with van der Waals surface area (Å²) in [4.78, 5) is 11.8. The number of ether oxygens (including phenoxy) is 1. The lowest BCUT2D eigenvalue weighted by Gasteiger charge is -2.51. The van der Waals surface area contributed by atoms with Crippen molar-refractivity contribution in [3.8, 4) is 0 Å². The predicted molar refractivity (Wildman–Crippen MR) is 71.2 cm³/mol. The van der Waals surface area contributed by atoms with Crippen LogP contribution in [0.25, 0.3) is 0 Å². The van der Waals surface area contributed by atoms with Gasteiger partial charge in [0.15, 0.2) is 0 Å². The Morgan fingerprint density at radius 1 is 1.47 bits per heavy atom. The van der Waals surface area contributed by atoms with Gasteiger partial charge in [0.25, 0.3) is 0 Å². The SMILES string of the molecule is COC1CC(NC(=O)[C@@H](N)C(C)C)C1(C)C.Cl. The van der Waals surface area contributed by atoms with Crippen LogP contribution in [-0.2, 0) is 9.53 Å². The standard InChI is InChI=1S/C12H24N2O2.ClH/c1-7(2)10(13)11(15)14-8-6-9(16-5)12(8,3)4;/h7-10H,6,13H2,1-5H3,(H,14,15);1H/t8?,9?,10-;/m0./s1. The van der Waals surface area contributed by atoms with Crippen molar-refractivity contribution in [3.05, 3.63) is 0 Å². The summed E-state index contributed by atoms with van der Waals surface area (Å²) >= 11 is 0. The van der Waals surface area contributed by atoms with Crippen LogP contribution in [0.2, 0.25) is 0 Å². The van der Waals surface area contributed by atoms with Crippen molar-refractivity contribution in [2.24, 2.45) is 17.1 Å². The summed E-state index contributed by atoms with van der Waals surface area (Å²) in [5, 5.41) is 3.01. The van der Waals surface area contributed by atoms with Crippen molar-refractivity contribution >= 4 is 18.3 Å². The van der Waals surface area contributed by atoms with E-state index in [1.165, 1.54) is 0 Å². The quantitative estimate of drug-likeness (QED) is 0.805. The smallest absolute Gasteiger partial charge is 0.237 e. The third kappa shape index (κ3) is 3.33. The summed E-state index contributed by atoms with van der Waals surface area (Å²) in [7, 11) is 1.71. The second-order valence-corrected chi connectivity index (χ2v) is 5.61.